The number of nitrogens with one attached hydrogen (secondary N) is 1. The van der Waals surface area contributed by atoms with Crippen LogP contribution in [0.15, 0.2) is 91.0 Å². The molecule has 0 radical (unpaired) electrons. The average molecular weight is 600 g/mol. The van der Waals surface area contributed by atoms with Crippen molar-refractivity contribution in [2.75, 3.05) is 19.5 Å². The number of hydrogen-bond donors (Lipinski definition) is 2. The summed E-state index contributed by atoms with van der Waals surface area (Å²) in [5.41, 5.74) is 7.85. The van der Waals surface area contributed by atoms with Crippen molar-refractivity contribution >= 4 is 22.4 Å². The number of aromatic nitrogens is 2. The number of carbonyl (C=O) groups excluding carboxylic acids is 1. The van der Waals surface area contributed by atoms with Gasteiger partial charge in [0.15, 0.2) is 5.69 Å². The number of rotatable bonds is 9. The highest BCUT2D eigenvalue weighted by Crippen LogP contribution is 2.39. The molecule has 4 aromatic carbocycles. The lowest BCUT2D eigenvalue weighted by Gasteiger charge is -2.29. The van der Waals surface area contributed by atoms with Gasteiger partial charge in [0.2, 0.25) is 0 Å². The van der Waals surface area contributed by atoms with Gasteiger partial charge in [0.25, 0.3) is 5.91 Å². The molecule has 3 N–H and O–H groups in total. The summed E-state index contributed by atoms with van der Waals surface area (Å²) in [5, 5.41) is 8.69. The van der Waals surface area contributed by atoms with Crippen molar-refractivity contribution < 1.29 is 22.7 Å². The van der Waals surface area contributed by atoms with E-state index in [9.17, 15) is 18.0 Å². The molecule has 1 aliphatic rings. The van der Waals surface area contributed by atoms with Gasteiger partial charge in [0.1, 0.15) is 11.4 Å². The number of ether oxygens (including phenoxy) is 1. The molecule has 1 aliphatic carbocycles. The Morgan fingerprint density at radius 3 is 2.45 bits per heavy atom. The van der Waals surface area contributed by atoms with Crippen molar-refractivity contribution in [3.8, 4) is 11.4 Å². The first-order valence-corrected chi connectivity index (χ1v) is 14.3. The predicted octanol–water partition coefficient (Wildman–Crippen LogP) is 6.95. The van der Waals surface area contributed by atoms with Gasteiger partial charge in [-0.25, -0.2) is 4.68 Å². The number of benzene rings is 4. The minimum Gasteiger partial charge on any atom is -0.497 e. The lowest BCUT2D eigenvalue weighted by molar-refractivity contribution is -0.141. The van der Waals surface area contributed by atoms with Crippen LogP contribution in [0.25, 0.3) is 16.5 Å². The Morgan fingerprint density at radius 2 is 1.73 bits per heavy atom. The summed E-state index contributed by atoms with van der Waals surface area (Å²) in [5.74, 6) is 0.0752. The van der Waals surface area contributed by atoms with Crippen molar-refractivity contribution in [3.63, 3.8) is 0 Å². The van der Waals surface area contributed by atoms with Crippen molar-refractivity contribution in [2.24, 2.45) is 5.73 Å². The zero-order chi connectivity index (χ0) is 31.0. The van der Waals surface area contributed by atoms with Gasteiger partial charge in [-0.15, -0.1) is 0 Å². The third-order valence-corrected chi connectivity index (χ3v) is 8.00. The maximum atomic E-state index is 13.7. The van der Waals surface area contributed by atoms with Gasteiger partial charge in [-0.05, 0) is 89.8 Å². The molecule has 0 bridgehead atoms. The topological polar surface area (TPSA) is 85.4 Å². The quantitative estimate of drug-likeness (QED) is 0.192. The fraction of sp³-hybridized carbons (Fsp3) is 0.235. The summed E-state index contributed by atoms with van der Waals surface area (Å²) in [4.78, 5) is 15.9. The lowest BCUT2D eigenvalue weighted by Crippen LogP contribution is -2.27. The van der Waals surface area contributed by atoms with Crippen LogP contribution in [-0.2, 0) is 12.7 Å². The first-order chi connectivity index (χ1) is 21.1. The van der Waals surface area contributed by atoms with E-state index in [2.05, 4.69) is 40.6 Å². The first-order valence-electron chi connectivity index (χ1n) is 14.3. The van der Waals surface area contributed by atoms with Crippen LogP contribution in [0.5, 0.6) is 5.75 Å². The van der Waals surface area contributed by atoms with E-state index in [1.165, 1.54) is 0 Å². The Kier molecular flexibility index (Phi) is 7.87. The molecule has 1 saturated carbocycles. The Balaban J connectivity index is 1.34. The molecule has 1 heterocycles. The third-order valence-electron chi connectivity index (χ3n) is 8.00. The Labute approximate surface area is 253 Å². The third kappa shape index (κ3) is 6.04. The van der Waals surface area contributed by atoms with E-state index >= 15 is 0 Å². The number of nitrogens with two attached hydrogens (primary N) is 1. The monoisotopic (exact) mass is 599 g/mol. The van der Waals surface area contributed by atoms with E-state index in [1.807, 2.05) is 36.4 Å². The molecule has 1 atom stereocenters. The molecular formula is C34H32F3N5O2. The van der Waals surface area contributed by atoms with Crippen molar-refractivity contribution in [1.29, 1.82) is 0 Å². The highest BCUT2D eigenvalue weighted by Gasteiger charge is 2.36. The van der Waals surface area contributed by atoms with Gasteiger partial charge in [0.05, 0.1) is 18.8 Å². The summed E-state index contributed by atoms with van der Waals surface area (Å²) < 4.78 is 47.4. The van der Waals surface area contributed by atoms with Gasteiger partial charge in [-0.3, -0.25) is 9.69 Å². The van der Waals surface area contributed by atoms with Crippen LogP contribution in [0, 0.1) is 0 Å². The summed E-state index contributed by atoms with van der Waals surface area (Å²) in [7, 11) is 3.74. The second-order valence-electron chi connectivity index (χ2n) is 11.0. The van der Waals surface area contributed by atoms with Crippen LogP contribution in [0.3, 0.4) is 0 Å². The van der Waals surface area contributed by atoms with Gasteiger partial charge in [-0.1, -0.05) is 42.5 Å². The molecular weight excluding hydrogens is 567 g/mol. The summed E-state index contributed by atoms with van der Waals surface area (Å²) in [6.45, 7) is 0.192. The zero-order valence-corrected chi connectivity index (χ0v) is 24.3. The van der Waals surface area contributed by atoms with E-state index < -0.39 is 17.8 Å². The van der Waals surface area contributed by atoms with Crippen molar-refractivity contribution in [2.45, 2.75) is 37.6 Å². The standard InChI is InChI=1S/C34H32F3N5O2/c1-41(27-12-13-27)32(25-10-9-23-18-29(44-2)14-11-22(23)16-25)24-6-4-7-26(17-24)39-33(43)30-19-31(34(35,36)37)40-42(30)28-8-3-5-21(15-28)20-38/h3-11,14-19,27,32H,12-13,20,38H2,1-2H3,(H,39,43). The molecule has 226 valence electrons. The SMILES string of the molecule is COc1ccc2cc(C(c3cccc(NC(=O)c4cc(C(F)(F)F)nn4-c4cccc(CN)c4)c3)N(C)C3CC3)ccc2c1. The van der Waals surface area contributed by atoms with Crippen molar-refractivity contribution in [3.05, 3.63) is 119 Å². The molecule has 0 saturated heterocycles. The molecule has 6 rings (SSSR count). The highest BCUT2D eigenvalue weighted by atomic mass is 19.4. The van der Waals surface area contributed by atoms with E-state index in [0.717, 1.165) is 51.2 Å². The van der Waals surface area contributed by atoms with E-state index in [1.54, 1.807) is 37.4 Å². The van der Waals surface area contributed by atoms with Crippen LogP contribution in [0.4, 0.5) is 18.9 Å². The van der Waals surface area contributed by atoms with E-state index in [4.69, 9.17) is 10.5 Å². The second-order valence-corrected chi connectivity index (χ2v) is 11.0. The highest BCUT2D eigenvalue weighted by molar-refractivity contribution is 6.03. The predicted molar refractivity (Wildman–Crippen MR) is 164 cm³/mol. The maximum Gasteiger partial charge on any atom is 0.435 e. The number of fused-ring (bicyclic) bond motifs is 1. The molecule has 0 aliphatic heterocycles. The number of methoxy groups -OCH3 is 1. The number of anilines is 1. The molecule has 5 aromatic rings. The van der Waals surface area contributed by atoms with Gasteiger partial charge >= 0.3 is 6.18 Å². The fourth-order valence-corrected chi connectivity index (χ4v) is 5.57. The van der Waals surface area contributed by atoms with Crippen LogP contribution >= 0.6 is 0 Å². The molecule has 1 unspecified atom stereocenters. The van der Waals surface area contributed by atoms with Gasteiger partial charge < -0.3 is 15.8 Å². The average Bonchev–Trinajstić information content (AvgIpc) is 3.77. The first kappa shape index (κ1) is 29.4. The van der Waals surface area contributed by atoms with Gasteiger partial charge in [0, 0.05) is 24.3 Å². The second kappa shape index (κ2) is 11.8. The van der Waals surface area contributed by atoms with E-state index in [-0.39, 0.29) is 18.3 Å². The Bertz CT molecular complexity index is 1830. The number of halogens is 3. The van der Waals surface area contributed by atoms with Crippen LogP contribution in [0.2, 0.25) is 0 Å². The van der Waals surface area contributed by atoms with Crippen LogP contribution < -0.4 is 15.8 Å². The number of hydrogen-bond acceptors (Lipinski definition) is 5. The molecule has 1 fully saturated rings. The van der Waals surface area contributed by atoms with E-state index in [0.29, 0.717) is 23.0 Å². The smallest absolute Gasteiger partial charge is 0.435 e. The number of alkyl halides is 3. The lowest BCUT2D eigenvalue weighted by atomic mass is 9.94. The molecule has 7 nitrogen and oxygen atoms in total. The van der Waals surface area contributed by atoms with Gasteiger partial charge in [-0.2, -0.15) is 18.3 Å². The minimum absolute atomic E-state index is 0.104. The normalized spacial score (nSPS) is 14.2. The summed E-state index contributed by atoms with van der Waals surface area (Å²) in [6.07, 6.45) is -2.52. The maximum absolute atomic E-state index is 13.7. The number of nitrogens with zero attached hydrogens (tertiary/aromatic N) is 3. The van der Waals surface area contributed by atoms with Crippen LogP contribution in [0.1, 0.15) is 51.8 Å². The summed E-state index contributed by atoms with van der Waals surface area (Å²) in [6, 6.07) is 27.5. The molecule has 44 heavy (non-hydrogen) atoms. The summed E-state index contributed by atoms with van der Waals surface area (Å²) >= 11 is 0. The molecule has 0 spiro atoms. The Hall–Kier alpha value is -4.67. The number of carbonyl (C=O) groups is 1. The zero-order valence-electron chi connectivity index (χ0n) is 24.3. The number of amides is 1. The minimum atomic E-state index is -4.72. The molecule has 1 aromatic heterocycles. The Morgan fingerprint density at radius 1 is 1.00 bits per heavy atom. The molecule has 10 heteroatoms. The van der Waals surface area contributed by atoms with Crippen LogP contribution in [-0.4, -0.2) is 40.8 Å². The fourth-order valence-electron chi connectivity index (χ4n) is 5.57. The van der Waals surface area contributed by atoms with Crippen molar-refractivity contribution in [1.82, 2.24) is 14.7 Å². The largest absolute Gasteiger partial charge is 0.497 e. The molecule has 1 amide bonds.